The van der Waals surface area contributed by atoms with E-state index in [2.05, 4.69) is 9.97 Å². The summed E-state index contributed by atoms with van der Waals surface area (Å²) in [5.74, 6) is 2.56. The fraction of sp³-hybridized carbons (Fsp3) is 0.381. The number of hydrogen-bond donors (Lipinski definition) is 0. The quantitative estimate of drug-likeness (QED) is 0.718. The lowest BCUT2D eigenvalue weighted by Gasteiger charge is -2.32. The summed E-state index contributed by atoms with van der Waals surface area (Å²) in [7, 11) is 3.79. The van der Waals surface area contributed by atoms with Gasteiger partial charge in [0.15, 0.2) is 17.3 Å². The zero-order valence-corrected chi connectivity index (χ0v) is 16.6. The highest BCUT2D eigenvalue weighted by molar-refractivity contribution is 5.92. The van der Waals surface area contributed by atoms with Gasteiger partial charge >= 0.3 is 0 Å². The third-order valence-corrected chi connectivity index (χ3v) is 4.85. The van der Waals surface area contributed by atoms with Crippen molar-refractivity contribution in [1.82, 2.24) is 14.9 Å². The number of piperidine rings is 1. The number of amides is 1. The third-order valence-electron chi connectivity index (χ3n) is 4.85. The highest BCUT2D eigenvalue weighted by Gasteiger charge is 2.25. The minimum absolute atomic E-state index is 0.0389. The van der Waals surface area contributed by atoms with Crippen LogP contribution < -0.4 is 19.1 Å². The number of carbonyl (C=O) groups excluding carboxylic acids is 1. The number of ether oxygens (including phenoxy) is 3. The Balaban J connectivity index is 1.38. The molecule has 8 heteroatoms. The summed E-state index contributed by atoms with van der Waals surface area (Å²) < 4.78 is 16.8. The summed E-state index contributed by atoms with van der Waals surface area (Å²) in [5, 5.41) is 0. The lowest BCUT2D eigenvalue weighted by molar-refractivity contribution is -0.128. The molecule has 1 aromatic heterocycles. The van der Waals surface area contributed by atoms with E-state index in [4.69, 9.17) is 14.2 Å². The zero-order chi connectivity index (χ0) is 20.2. The van der Waals surface area contributed by atoms with Gasteiger partial charge in [0.25, 0.3) is 5.88 Å². The molecule has 0 spiro atoms. The number of hydrogen-bond acceptors (Lipinski definition) is 7. The summed E-state index contributed by atoms with van der Waals surface area (Å²) in [6.45, 7) is 1.47. The van der Waals surface area contributed by atoms with Gasteiger partial charge in [-0.2, -0.15) is 0 Å². The van der Waals surface area contributed by atoms with Crippen LogP contribution >= 0.6 is 0 Å². The van der Waals surface area contributed by atoms with Crippen LogP contribution in [0, 0.1) is 0 Å². The minimum Gasteiger partial charge on any atom is -0.470 e. The SMILES string of the molecule is CN(C)c1nccnc1OC1CCCN(C(=O)/C=C/c2ccc3c(c2)OCO3)C1. The van der Waals surface area contributed by atoms with Crippen molar-refractivity contribution in [3.05, 3.63) is 42.2 Å². The largest absolute Gasteiger partial charge is 0.470 e. The second kappa shape index (κ2) is 8.38. The molecule has 29 heavy (non-hydrogen) atoms. The van der Waals surface area contributed by atoms with E-state index in [0.29, 0.717) is 30.5 Å². The molecule has 0 radical (unpaired) electrons. The molecule has 1 atom stereocenters. The van der Waals surface area contributed by atoms with Crippen molar-refractivity contribution >= 4 is 17.8 Å². The topological polar surface area (TPSA) is 77.0 Å². The first kappa shape index (κ1) is 19.0. The molecule has 2 aliphatic heterocycles. The number of nitrogens with zero attached hydrogens (tertiary/aromatic N) is 4. The fourth-order valence-corrected chi connectivity index (χ4v) is 3.39. The second-order valence-electron chi connectivity index (χ2n) is 7.19. The number of anilines is 1. The van der Waals surface area contributed by atoms with Gasteiger partial charge in [-0.25, -0.2) is 9.97 Å². The van der Waals surface area contributed by atoms with Crippen LogP contribution in [0.3, 0.4) is 0 Å². The van der Waals surface area contributed by atoms with Gasteiger partial charge in [0, 0.05) is 39.1 Å². The number of benzene rings is 1. The molecule has 1 saturated heterocycles. The molecule has 1 aromatic carbocycles. The van der Waals surface area contributed by atoms with Crippen molar-refractivity contribution in [2.24, 2.45) is 0 Å². The number of carbonyl (C=O) groups is 1. The molecule has 0 saturated carbocycles. The molecular formula is C21H24N4O4. The van der Waals surface area contributed by atoms with E-state index in [-0.39, 0.29) is 18.8 Å². The zero-order valence-electron chi connectivity index (χ0n) is 16.6. The summed E-state index contributed by atoms with van der Waals surface area (Å²) >= 11 is 0. The lowest BCUT2D eigenvalue weighted by atomic mass is 10.1. The van der Waals surface area contributed by atoms with Crippen LogP contribution in [0.15, 0.2) is 36.7 Å². The first-order valence-corrected chi connectivity index (χ1v) is 9.62. The average Bonchev–Trinajstić information content (AvgIpc) is 3.20. The second-order valence-corrected chi connectivity index (χ2v) is 7.19. The predicted molar refractivity (Wildman–Crippen MR) is 108 cm³/mol. The predicted octanol–water partition coefficient (Wildman–Crippen LogP) is 2.35. The van der Waals surface area contributed by atoms with Gasteiger partial charge < -0.3 is 24.0 Å². The Kier molecular flexibility index (Phi) is 5.50. The summed E-state index contributed by atoms with van der Waals surface area (Å²) in [5.41, 5.74) is 0.891. The Morgan fingerprint density at radius 3 is 2.93 bits per heavy atom. The number of likely N-dealkylation sites (tertiary alicyclic amines) is 1. The molecule has 8 nitrogen and oxygen atoms in total. The Morgan fingerprint density at radius 2 is 2.07 bits per heavy atom. The van der Waals surface area contributed by atoms with E-state index in [0.717, 1.165) is 24.2 Å². The van der Waals surface area contributed by atoms with Gasteiger partial charge in [-0.15, -0.1) is 0 Å². The molecule has 152 valence electrons. The van der Waals surface area contributed by atoms with E-state index in [1.807, 2.05) is 42.1 Å². The highest BCUT2D eigenvalue weighted by atomic mass is 16.7. The minimum atomic E-state index is -0.109. The standard InChI is InChI=1S/C21H24N4O4/c1-24(2)20-21(23-10-9-22-20)29-16-4-3-11-25(13-16)19(26)8-6-15-5-7-17-18(12-15)28-14-27-17/h5-10,12,16H,3-4,11,13-14H2,1-2H3/b8-6+. The number of fused-ring (bicyclic) bond motifs is 1. The van der Waals surface area contributed by atoms with Gasteiger partial charge in [-0.1, -0.05) is 6.07 Å². The van der Waals surface area contributed by atoms with E-state index >= 15 is 0 Å². The van der Waals surface area contributed by atoms with Crippen molar-refractivity contribution < 1.29 is 19.0 Å². The maximum absolute atomic E-state index is 12.7. The van der Waals surface area contributed by atoms with Crippen LogP contribution in [-0.4, -0.2) is 60.9 Å². The van der Waals surface area contributed by atoms with Crippen LogP contribution in [-0.2, 0) is 4.79 Å². The van der Waals surface area contributed by atoms with Crippen LogP contribution in [0.2, 0.25) is 0 Å². The van der Waals surface area contributed by atoms with Gasteiger partial charge in [0.1, 0.15) is 6.10 Å². The van der Waals surface area contributed by atoms with Crippen LogP contribution in [0.25, 0.3) is 6.08 Å². The van der Waals surface area contributed by atoms with Crippen molar-refractivity contribution in [3.63, 3.8) is 0 Å². The molecule has 2 aliphatic rings. The highest BCUT2D eigenvalue weighted by Crippen LogP contribution is 2.32. The van der Waals surface area contributed by atoms with Crippen LogP contribution in [0.5, 0.6) is 17.4 Å². The van der Waals surface area contributed by atoms with E-state index in [9.17, 15) is 4.79 Å². The fourth-order valence-electron chi connectivity index (χ4n) is 3.39. The normalized spacial score (nSPS) is 18.1. The molecular weight excluding hydrogens is 372 g/mol. The maximum Gasteiger partial charge on any atom is 0.257 e. The molecule has 0 bridgehead atoms. The van der Waals surface area contributed by atoms with Gasteiger partial charge in [0.05, 0.1) is 6.54 Å². The van der Waals surface area contributed by atoms with E-state index in [1.165, 1.54) is 0 Å². The summed E-state index contributed by atoms with van der Waals surface area (Å²) in [6, 6.07) is 5.61. The van der Waals surface area contributed by atoms with Gasteiger partial charge in [0.2, 0.25) is 12.7 Å². The van der Waals surface area contributed by atoms with Crippen LogP contribution in [0.1, 0.15) is 18.4 Å². The molecule has 0 aliphatic carbocycles. The summed E-state index contributed by atoms with van der Waals surface area (Å²) in [6.07, 6.45) is 8.28. The number of rotatable bonds is 5. The Hall–Kier alpha value is -3.29. The molecule has 2 aromatic rings. The smallest absolute Gasteiger partial charge is 0.257 e. The molecule has 1 unspecified atom stereocenters. The summed E-state index contributed by atoms with van der Waals surface area (Å²) in [4.78, 5) is 25.0. The van der Waals surface area contributed by atoms with E-state index in [1.54, 1.807) is 24.5 Å². The Bertz CT molecular complexity index is 915. The van der Waals surface area contributed by atoms with Crippen molar-refractivity contribution in [2.75, 3.05) is 38.9 Å². The third kappa shape index (κ3) is 4.42. The number of aromatic nitrogens is 2. The average molecular weight is 396 g/mol. The monoisotopic (exact) mass is 396 g/mol. The van der Waals surface area contributed by atoms with Crippen LogP contribution in [0.4, 0.5) is 5.82 Å². The molecule has 4 rings (SSSR count). The maximum atomic E-state index is 12.7. The van der Waals surface area contributed by atoms with Gasteiger partial charge in [-0.05, 0) is 36.6 Å². The molecule has 0 N–H and O–H groups in total. The van der Waals surface area contributed by atoms with Crippen molar-refractivity contribution in [2.45, 2.75) is 18.9 Å². The van der Waals surface area contributed by atoms with Crippen molar-refractivity contribution in [3.8, 4) is 17.4 Å². The Morgan fingerprint density at radius 1 is 1.24 bits per heavy atom. The van der Waals surface area contributed by atoms with Crippen molar-refractivity contribution in [1.29, 1.82) is 0 Å². The van der Waals surface area contributed by atoms with E-state index < -0.39 is 0 Å². The van der Waals surface area contributed by atoms with Gasteiger partial charge in [-0.3, -0.25) is 4.79 Å². The first-order chi connectivity index (χ1) is 14.1. The Labute approximate surface area is 169 Å². The lowest BCUT2D eigenvalue weighted by Crippen LogP contribution is -2.44. The molecule has 3 heterocycles. The molecule has 1 fully saturated rings. The first-order valence-electron chi connectivity index (χ1n) is 9.62. The molecule has 1 amide bonds.